The first kappa shape index (κ1) is 39.9. The summed E-state index contributed by atoms with van der Waals surface area (Å²) in [7, 11) is 0. The van der Waals surface area contributed by atoms with Gasteiger partial charge in [0, 0.05) is 47.8 Å². The Kier molecular flexibility index (Phi) is 21.4. The maximum atomic E-state index is 13.4. The first-order valence-corrected chi connectivity index (χ1v) is 15.4. The molecule has 40 heavy (non-hydrogen) atoms. The fraction of sp³-hybridized carbons (Fsp3) is 0.625. The summed E-state index contributed by atoms with van der Waals surface area (Å²) in [5, 5.41) is 0.0683. The number of allylic oxidation sites excluding steroid dienone is 1. The maximum Gasteiger partial charge on any atom is 0.416 e. The number of piperidine rings is 1. The normalized spacial score (nSPS) is 17.8. The number of hydrogen-bond acceptors (Lipinski definition) is 4. The number of likely N-dealkylation sites (tertiary alicyclic amines) is 1. The number of alkyl halides is 3. The van der Waals surface area contributed by atoms with Crippen LogP contribution in [0.3, 0.4) is 0 Å². The standard InChI is InChI=1S/C24H30ClF3N4.4C2H6/c1-5-20-13-22(14-21(6-2)32(20)16(3)4)31(23-29-8-7-9-30-23)15-17-10-18(24(26,27)28)12-19(25)11-17;4*1-2/h7-12,20-22H,3,5-6,13-15H2,1-2,4H3;4*1-2H3/t20-,21?,22?;;;;/m0..../s1. The number of halogens is 4. The Hall–Kier alpha value is -2.28. The zero-order valence-corrected chi connectivity index (χ0v) is 27.5. The van der Waals surface area contributed by atoms with Crippen molar-refractivity contribution in [2.45, 2.75) is 133 Å². The van der Waals surface area contributed by atoms with Crippen LogP contribution >= 0.6 is 11.6 Å². The number of anilines is 1. The predicted octanol–water partition coefficient (Wildman–Crippen LogP) is 10.8. The van der Waals surface area contributed by atoms with Gasteiger partial charge in [0.15, 0.2) is 0 Å². The topological polar surface area (TPSA) is 32.3 Å². The molecule has 1 aliphatic rings. The number of rotatable bonds is 7. The molecule has 1 aromatic carbocycles. The average molecular weight is 587 g/mol. The minimum absolute atomic E-state index is 0.0683. The fourth-order valence-corrected chi connectivity index (χ4v) is 5.02. The van der Waals surface area contributed by atoms with Gasteiger partial charge in [0.05, 0.1) is 5.56 Å². The molecule has 1 saturated heterocycles. The zero-order chi connectivity index (χ0) is 31.5. The van der Waals surface area contributed by atoms with E-state index in [1.54, 1.807) is 24.5 Å². The molecule has 3 rings (SSSR count). The molecule has 3 atom stereocenters. The van der Waals surface area contributed by atoms with Gasteiger partial charge in [0.25, 0.3) is 0 Å². The second-order valence-electron chi connectivity index (χ2n) is 8.41. The molecule has 2 unspecified atom stereocenters. The van der Waals surface area contributed by atoms with Gasteiger partial charge in [-0.2, -0.15) is 13.2 Å². The van der Waals surface area contributed by atoms with Crippen molar-refractivity contribution in [3.8, 4) is 0 Å². The highest BCUT2D eigenvalue weighted by atomic mass is 35.5. The molecule has 0 amide bonds. The third-order valence-electron chi connectivity index (χ3n) is 6.15. The Morgan fingerprint density at radius 1 is 0.925 bits per heavy atom. The first-order valence-electron chi connectivity index (χ1n) is 15.0. The number of aromatic nitrogens is 2. The van der Waals surface area contributed by atoms with Crippen molar-refractivity contribution in [3.05, 3.63) is 65.1 Å². The van der Waals surface area contributed by atoms with Gasteiger partial charge in [-0.3, -0.25) is 0 Å². The van der Waals surface area contributed by atoms with Crippen LogP contribution in [-0.4, -0.2) is 33.0 Å². The van der Waals surface area contributed by atoms with Crippen LogP contribution in [0.5, 0.6) is 0 Å². The van der Waals surface area contributed by atoms with Gasteiger partial charge in [-0.25, -0.2) is 9.97 Å². The van der Waals surface area contributed by atoms with Gasteiger partial charge < -0.3 is 9.80 Å². The van der Waals surface area contributed by atoms with Gasteiger partial charge in [-0.1, -0.05) is 87.4 Å². The van der Waals surface area contributed by atoms with Crippen LogP contribution < -0.4 is 4.90 Å². The molecule has 1 aromatic heterocycles. The molecule has 8 heteroatoms. The van der Waals surface area contributed by atoms with Crippen LogP contribution in [0.25, 0.3) is 0 Å². The van der Waals surface area contributed by atoms with Crippen LogP contribution in [0.4, 0.5) is 19.1 Å². The third-order valence-corrected chi connectivity index (χ3v) is 6.36. The van der Waals surface area contributed by atoms with Crippen molar-refractivity contribution in [3.63, 3.8) is 0 Å². The van der Waals surface area contributed by atoms with Crippen LogP contribution in [0.1, 0.15) is 113 Å². The van der Waals surface area contributed by atoms with E-state index in [1.165, 1.54) is 6.07 Å². The van der Waals surface area contributed by atoms with Gasteiger partial charge in [0.1, 0.15) is 0 Å². The van der Waals surface area contributed by atoms with E-state index in [1.807, 2.05) is 67.2 Å². The van der Waals surface area contributed by atoms with Crippen molar-refractivity contribution in [2.75, 3.05) is 4.90 Å². The van der Waals surface area contributed by atoms with Crippen molar-refractivity contribution in [1.29, 1.82) is 0 Å². The van der Waals surface area contributed by atoms with E-state index in [0.717, 1.165) is 37.4 Å². The highest BCUT2D eigenvalue weighted by molar-refractivity contribution is 6.30. The molecule has 0 spiro atoms. The van der Waals surface area contributed by atoms with Crippen molar-refractivity contribution in [1.82, 2.24) is 14.9 Å². The van der Waals surface area contributed by atoms with Crippen molar-refractivity contribution in [2.24, 2.45) is 0 Å². The Bertz CT molecular complexity index is 908. The third kappa shape index (κ3) is 12.1. The molecule has 0 radical (unpaired) electrons. The molecule has 0 bridgehead atoms. The monoisotopic (exact) mass is 586 g/mol. The molecular weight excluding hydrogens is 533 g/mol. The number of hydrogen-bond donors (Lipinski definition) is 0. The Morgan fingerprint density at radius 3 is 1.80 bits per heavy atom. The van der Waals surface area contributed by atoms with Crippen molar-refractivity contribution < 1.29 is 13.2 Å². The Morgan fingerprint density at radius 2 is 1.40 bits per heavy atom. The van der Waals surface area contributed by atoms with Gasteiger partial charge >= 0.3 is 6.18 Å². The summed E-state index contributed by atoms with van der Waals surface area (Å²) in [6, 6.07) is 6.12. The first-order chi connectivity index (χ1) is 19.1. The summed E-state index contributed by atoms with van der Waals surface area (Å²) in [6.45, 7) is 26.8. The number of nitrogens with zero attached hydrogens (tertiary/aromatic N) is 4. The van der Waals surface area contributed by atoms with E-state index in [4.69, 9.17) is 11.6 Å². The van der Waals surface area contributed by atoms with Gasteiger partial charge in [0.2, 0.25) is 5.95 Å². The summed E-state index contributed by atoms with van der Waals surface area (Å²) in [6.07, 6.45) is 2.48. The molecule has 0 aliphatic carbocycles. The van der Waals surface area contributed by atoms with E-state index in [9.17, 15) is 13.2 Å². The van der Waals surface area contributed by atoms with E-state index in [2.05, 4.69) is 35.3 Å². The lowest BCUT2D eigenvalue weighted by Gasteiger charge is -2.49. The molecule has 2 heterocycles. The Labute approximate surface area is 248 Å². The summed E-state index contributed by atoms with van der Waals surface area (Å²) in [4.78, 5) is 13.3. The molecule has 1 aliphatic heterocycles. The van der Waals surface area contributed by atoms with Crippen LogP contribution in [-0.2, 0) is 12.7 Å². The molecule has 2 aromatic rings. The smallest absolute Gasteiger partial charge is 0.369 e. The van der Waals surface area contributed by atoms with Crippen LogP contribution in [0.2, 0.25) is 5.02 Å². The second kappa shape index (κ2) is 21.5. The van der Waals surface area contributed by atoms with E-state index in [-0.39, 0.29) is 17.6 Å². The lowest BCUT2D eigenvalue weighted by atomic mass is 9.87. The molecule has 0 N–H and O–H groups in total. The SMILES string of the molecule is C=C(C)N1C(CC)CC(N(Cc2cc(Cl)cc(C(F)(F)F)c2)c2ncccn2)C[C@@H]1CC.CC.CC.CC.CC. The summed E-state index contributed by atoms with van der Waals surface area (Å²) in [5.74, 6) is 0.513. The number of benzene rings is 1. The van der Waals surface area contributed by atoms with Crippen molar-refractivity contribution >= 4 is 17.5 Å². The molecule has 230 valence electrons. The largest absolute Gasteiger partial charge is 0.416 e. The Balaban J connectivity index is 0. The fourth-order valence-electron chi connectivity index (χ4n) is 4.76. The highest BCUT2D eigenvalue weighted by Crippen LogP contribution is 2.36. The summed E-state index contributed by atoms with van der Waals surface area (Å²) < 4.78 is 40.1. The predicted molar refractivity (Wildman–Crippen MR) is 168 cm³/mol. The zero-order valence-electron chi connectivity index (χ0n) is 26.7. The molecule has 4 nitrogen and oxygen atoms in total. The van der Waals surface area contributed by atoms with E-state index in [0.29, 0.717) is 23.6 Å². The lowest BCUT2D eigenvalue weighted by molar-refractivity contribution is -0.137. The van der Waals surface area contributed by atoms with Gasteiger partial charge in [-0.05, 0) is 62.4 Å². The summed E-state index contributed by atoms with van der Waals surface area (Å²) >= 11 is 6.05. The second-order valence-corrected chi connectivity index (χ2v) is 8.85. The summed E-state index contributed by atoms with van der Waals surface area (Å²) in [5.41, 5.74) is 0.791. The maximum absolute atomic E-state index is 13.4. The van der Waals surface area contributed by atoms with Gasteiger partial charge in [-0.15, -0.1) is 0 Å². The minimum atomic E-state index is -4.46. The lowest BCUT2D eigenvalue weighted by Crippen LogP contribution is -2.54. The molecule has 1 fully saturated rings. The quantitative estimate of drug-likeness (QED) is 0.323. The van der Waals surface area contributed by atoms with E-state index >= 15 is 0 Å². The van der Waals surface area contributed by atoms with E-state index < -0.39 is 11.7 Å². The molecule has 0 saturated carbocycles. The average Bonchev–Trinajstić information content (AvgIpc) is 2.99. The van der Waals surface area contributed by atoms with Crippen LogP contribution in [0.15, 0.2) is 48.9 Å². The molecular formula is C32H54ClF3N4. The highest BCUT2D eigenvalue weighted by Gasteiger charge is 2.37. The van der Waals surface area contributed by atoms with Crippen LogP contribution in [0, 0.1) is 0 Å². The minimum Gasteiger partial charge on any atom is -0.369 e.